The minimum absolute atomic E-state index is 0.142. The third-order valence-corrected chi connectivity index (χ3v) is 3.71. The molecule has 0 saturated heterocycles. The molecule has 3 rings (SSSR count). The summed E-state index contributed by atoms with van der Waals surface area (Å²) in [4.78, 5) is 15.7. The Morgan fingerprint density at radius 1 is 1.11 bits per heavy atom. The molecule has 0 radical (unpaired) electrons. The van der Waals surface area contributed by atoms with E-state index in [4.69, 9.17) is 26.8 Å². The van der Waals surface area contributed by atoms with Gasteiger partial charge in [-0.3, -0.25) is 19.9 Å². The molecule has 0 fully saturated rings. The van der Waals surface area contributed by atoms with Gasteiger partial charge in [-0.1, -0.05) is 16.8 Å². The Labute approximate surface area is 159 Å². The van der Waals surface area contributed by atoms with Crippen molar-refractivity contribution in [2.45, 2.75) is 13.0 Å². The first-order valence-electron chi connectivity index (χ1n) is 7.90. The monoisotopic (exact) mass is 389 g/mol. The summed E-state index contributed by atoms with van der Waals surface area (Å²) in [5.41, 5.74) is 0.625. The molecule has 3 aromatic rings. The molecule has 2 aromatic carbocycles. The Bertz CT molecular complexity index is 896. The molecule has 1 aromatic heterocycles. The van der Waals surface area contributed by atoms with Crippen molar-refractivity contribution in [2.24, 2.45) is 0 Å². The van der Waals surface area contributed by atoms with E-state index in [1.807, 2.05) is 0 Å². The third-order valence-electron chi connectivity index (χ3n) is 3.46. The minimum Gasteiger partial charge on any atom is -0.457 e. The van der Waals surface area contributed by atoms with Gasteiger partial charge >= 0.3 is 0 Å². The Kier molecular flexibility index (Phi) is 5.87. The average molecular weight is 390 g/mol. The average Bonchev–Trinajstić information content (AvgIpc) is 3.13. The lowest BCUT2D eigenvalue weighted by Gasteiger charge is -2.08. The van der Waals surface area contributed by atoms with Crippen LogP contribution in [0.4, 0.5) is 11.6 Å². The summed E-state index contributed by atoms with van der Waals surface area (Å²) in [5.74, 6) is 0.797. The minimum atomic E-state index is -0.272. The second-order valence-electron chi connectivity index (χ2n) is 5.48. The topological polar surface area (TPSA) is 113 Å². The highest BCUT2D eigenvalue weighted by molar-refractivity contribution is 6.30. The molecule has 1 heterocycles. The van der Waals surface area contributed by atoms with Gasteiger partial charge in [-0.25, -0.2) is 0 Å². The maximum atomic E-state index is 12.0. The molecule has 10 heteroatoms. The number of anilines is 2. The second-order valence-corrected chi connectivity index (χ2v) is 5.91. The first-order chi connectivity index (χ1) is 13.0. The van der Waals surface area contributed by atoms with Crippen LogP contribution in [0.5, 0.6) is 11.5 Å². The van der Waals surface area contributed by atoms with Crippen LogP contribution < -0.4 is 15.3 Å². The zero-order valence-corrected chi connectivity index (χ0v) is 14.7. The number of ether oxygens (including phenoxy) is 1. The molecule has 27 heavy (non-hydrogen) atoms. The van der Waals surface area contributed by atoms with E-state index in [0.717, 1.165) is 0 Å². The van der Waals surface area contributed by atoms with Crippen molar-refractivity contribution < 1.29 is 19.9 Å². The summed E-state index contributed by atoms with van der Waals surface area (Å²) in [5, 5.41) is 24.6. The first-order valence-corrected chi connectivity index (χ1v) is 8.28. The number of aryl methyl sites for hydroxylation is 1. The van der Waals surface area contributed by atoms with Gasteiger partial charge in [0.15, 0.2) is 0 Å². The Morgan fingerprint density at radius 3 is 2.33 bits per heavy atom. The molecule has 0 saturated carbocycles. The quantitative estimate of drug-likeness (QED) is 0.531. The maximum absolute atomic E-state index is 12.0. The Morgan fingerprint density at radius 2 is 1.74 bits per heavy atom. The van der Waals surface area contributed by atoms with Crippen molar-refractivity contribution >= 4 is 29.1 Å². The molecule has 0 aliphatic rings. The second kappa shape index (κ2) is 8.49. The molecule has 0 spiro atoms. The smallest absolute Gasteiger partial charge is 0.295 e. The third kappa shape index (κ3) is 5.42. The molecular formula is C17H16ClN5O4. The molecule has 3 N–H and O–H groups in total. The molecule has 0 aliphatic carbocycles. The Hall–Kier alpha value is -3.14. The van der Waals surface area contributed by atoms with Crippen molar-refractivity contribution in [3.05, 3.63) is 59.9 Å². The number of nitrogens with one attached hydrogen (secondary N) is 1. The number of hydrogen-bond donors (Lipinski definition) is 3. The van der Waals surface area contributed by atoms with Gasteiger partial charge in [-0.05, 0) is 48.5 Å². The van der Waals surface area contributed by atoms with Crippen LogP contribution in [0.15, 0.2) is 54.9 Å². The fourth-order valence-electron chi connectivity index (χ4n) is 2.17. The largest absolute Gasteiger partial charge is 0.457 e. The van der Waals surface area contributed by atoms with Crippen molar-refractivity contribution in [1.29, 1.82) is 0 Å². The molecule has 0 bridgehead atoms. The van der Waals surface area contributed by atoms with E-state index < -0.39 is 0 Å². The summed E-state index contributed by atoms with van der Waals surface area (Å²) in [6, 6.07) is 13.9. The van der Waals surface area contributed by atoms with Crippen LogP contribution in [0.3, 0.4) is 0 Å². The fourth-order valence-corrected chi connectivity index (χ4v) is 2.29. The lowest BCUT2D eigenvalue weighted by atomic mass is 10.3. The van der Waals surface area contributed by atoms with Crippen LogP contribution in [0.1, 0.15) is 6.42 Å². The van der Waals surface area contributed by atoms with Gasteiger partial charge in [0.1, 0.15) is 17.8 Å². The van der Waals surface area contributed by atoms with Gasteiger partial charge in [-0.2, -0.15) is 4.98 Å². The standard InChI is InChI=1S/C17H16ClN5O4/c18-12-1-5-14(6-2-12)27-15-7-3-13(4-8-15)20-16(24)9-10-22-11-19-17(21-22)23(25)26/h1-8,11,25-26H,9-10H2,(H,20,24). The van der Waals surface area contributed by atoms with Gasteiger partial charge < -0.3 is 10.1 Å². The summed E-state index contributed by atoms with van der Waals surface area (Å²) in [6.07, 6.45) is 1.44. The number of carbonyl (C=O) groups excluding carboxylic acids is 1. The van der Waals surface area contributed by atoms with Crippen LogP contribution in [0.25, 0.3) is 0 Å². The van der Waals surface area contributed by atoms with E-state index in [2.05, 4.69) is 15.4 Å². The lowest BCUT2D eigenvalue weighted by Crippen LogP contribution is -2.16. The number of benzene rings is 2. The van der Waals surface area contributed by atoms with Gasteiger partial charge in [0.05, 0.1) is 6.54 Å². The number of aromatic nitrogens is 3. The predicted molar refractivity (Wildman–Crippen MR) is 97.3 cm³/mol. The number of amides is 1. The van der Waals surface area contributed by atoms with Gasteiger partial charge in [0.2, 0.25) is 5.91 Å². The summed E-state index contributed by atoms with van der Waals surface area (Å²) in [7, 11) is 0. The molecular weight excluding hydrogens is 374 g/mol. The van der Waals surface area contributed by atoms with Gasteiger partial charge in [-0.15, -0.1) is 5.10 Å². The van der Waals surface area contributed by atoms with Crippen molar-refractivity contribution in [3.63, 3.8) is 0 Å². The van der Waals surface area contributed by atoms with Crippen molar-refractivity contribution in [2.75, 3.05) is 10.5 Å². The molecule has 140 valence electrons. The van der Waals surface area contributed by atoms with Crippen LogP contribution >= 0.6 is 11.6 Å². The van der Waals surface area contributed by atoms with E-state index in [9.17, 15) is 4.79 Å². The van der Waals surface area contributed by atoms with E-state index >= 15 is 0 Å². The van der Waals surface area contributed by atoms with E-state index in [1.165, 1.54) is 11.0 Å². The number of hydrogen-bond acceptors (Lipinski definition) is 7. The van der Waals surface area contributed by atoms with E-state index in [-0.39, 0.29) is 30.0 Å². The van der Waals surface area contributed by atoms with Crippen LogP contribution in [-0.2, 0) is 11.3 Å². The predicted octanol–water partition coefficient (Wildman–Crippen LogP) is 3.34. The van der Waals surface area contributed by atoms with Gasteiger partial charge in [0, 0.05) is 17.1 Å². The summed E-state index contributed by atoms with van der Waals surface area (Å²) in [6.45, 7) is 0.241. The SMILES string of the molecule is O=C(CCn1cnc(N(O)O)n1)Nc1ccc(Oc2ccc(Cl)cc2)cc1. The fraction of sp³-hybridized carbons (Fsp3) is 0.118. The lowest BCUT2D eigenvalue weighted by molar-refractivity contribution is -0.116. The Balaban J connectivity index is 1.49. The van der Waals surface area contributed by atoms with Crippen LogP contribution in [-0.4, -0.2) is 31.1 Å². The number of rotatable bonds is 7. The molecule has 9 nitrogen and oxygen atoms in total. The van der Waals surface area contributed by atoms with Crippen molar-refractivity contribution in [1.82, 2.24) is 14.8 Å². The highest BCUT2D eigenvalue weighted by atomic mass is 35.5. The molecule has 0 unspecified atom stereocenters. The highest BCUT2D eigenvalue weighted by Gasteiger charge is 2.08. The maximum Gasteiger partial charge on any atom is 0.295 e. The zero-order chi connectivity index (χ0) is 19.2. The number of carbonyl (C=O) groups is 1. The van der Waals surface area contributed by atoms with E-state index in [1.54, 1.807) is 48.5 Å². The summed E-state index contributed by atoms with van der Waals surface area (Å²) >= 11 is 5.83. The van der Waals surface area contributed by atoms with Crippen molar-refractivity contribution in [3.8, 4) is 11.5 Å². The van der Waals surface area contributed by atoms with E-state index in [0.29, 0.717) is 22.2 Å². The number of nitrogens with zero attached hydrogens (tertiary/aromatic N) is 4. The first kappa shape index (κ1) is 18.6. The molecule has 1 amide bonds. The van der Waals surface area contributed by atoms with Crippen LogP contribution in [0.2, 0.25) is 5.02 Å². The number of halogens is 1. The van der Waals surface area contributed by atoms with Crippen LogP contribution in [0, 0.1) is 0 Å². The molecule has 0 aliphatic heterocycles. The zero-order valence-electron chi connectivity index (χ0n) is 14.0. The normalized spacial score (nSPS) is 10.5. The highest BCUT2D eigenvalue weighted by Crippen LogP contribution is 2.24. The molecule has 0 atom stereocenters. The van der Waals surface area contributed by atoms with Gasteiger partial charge in [0.25, 0.3) is 5.95 Å². The summed E-state index contributed by atoms with van der Waals surface area (Å²) < 4.78 is 7.02.